The number of hydrogen-bond acceptors (Lipinski definition) is 8. The van der Waals surface area contributed by atoms with Crippen LogP contribution in [0.4, 0.5) is 5.69 Å². The summed E-state index contributed by atoms with van der Waals surface area (Å²) in [6, 6.07) is 9.16. The number of carbonyl (C=O) groups is 1. The molecule has 10 nitrogen and oxygen atoms in total. The number of rotatable bonds is 6. The van der Waals surface area contributed by atoms with Gasteiger partial charge in [0.2, 0.25) is 6.10 Å². The van der Waals surface area contributed by atoms with Crippen LogP contribution in [0.1, 0.15) is 12.5 Å². The fourth-order valence-electron chi connectivity index (χ4n) is 2.47. The largest absolute Gasteiger partial charge is 0.504 e. The number of non-ortho nitro benzene ring substituents is 1. The van der Waals surface area contributed by atoms with Crippen molar-refractivity contribution < 1.29 is 29.0 Å². The molecule has 3 rings (SSSR count). The van der Waals surface area contributed by atoms with E-state index in [1.807, 2.05) is 0 Å². The van der Waals surface area contributed by atoms with Crippen LogP contribution in [0.15, 0.2) is 41.5 Å². The summed E-state index contributed by atoms with van der Waals surface area (Å²) in [6.45, 7) is 1.90. The highest BCUT2D eigenvalue weighted by atomic mass is 16.6. The Hall–Kier alpha value is -3.82. The van der Waals surface area contributed by atoms with Gasteiger partial charge in [-0.1, -0.05) is 12.1 Å². The highest BCUT2D eigenvalue weighted by Gasteiger charge is 2.27. The number of nitro benzene ring substituents is 1. The smallest absolute Gasteiger partial charge is 0.284 e. The van der Waals surface area contributed by atoms with E-state index < -0.39 is 16.9 Å². The van der Waals surface area contributed by atoms with Crippen molar-refractivity contribution in [3.63, 3.8) is 0 Å². The lowest BCUT2D eigenvalue weighted by molar-refractivity contribution is -0.385. The zero-order valence-electron chi connectivity index (χ0n) is 14.8. The van der Waals surface area contributed by atoms with Gasteiger partial charge in [0.15, 0.2) is 23.0 Å². The third kappa shape index (κ3) is 4.11. The number of nitrogens with zero attached hydrogens (tertiary/aromatic N) is 2. The van der Waals surface area contributed by atoms with E-state index in [9.17, 15) is 20.0 Å². The lowest BCUT2D eigenvalue weighted by Gasteiger charge is -2.24. The number of nitrogens with one attached hydrogen (secondary N) is 1. The number of fused-ring (bicyclic) bond motifs is 1. The molecule has 0 saturated heterocycles. The van der Waals surface area contributed by atoms with Gasteiger partial charge in [-0.05, 0) is 19.1 Å². The van der Waals surface area contributed by atoms with Gasteiger partial charge in [-0.3, -0.25) is 14.9 Å². The average molecular weight is 387 g/mol. The van der Waals surface area contributed by atoms with Crippen LogP contribution < -0.4 is 19.6 Å². The van der Waals surface area contributed by atoms with Crippen molar-refractivity contribution in [3.8, 4) is 23.0 Å². The topological polar surface area (TPSA) is 133 Å². The van der Waals surface area contributed by atoms with Crippen LogP contribution in [0.5, 0.6) is 23.0 Å². The van der Waals surface area contributed by atoms with E-state index in [4.69, 9.17) is 14.2 Å². The van der Waals surface area contributed by atoms with Gasteiger partial charge in [0.25, 0.3) is 11.6 Å². The van der Waals surface area contributed by atoms with E-state index in [0.717, 1.165) is 18.3 Å². The van der Waals surface area contributed by atoms with Crippen LogP contribution in [0.3, 0.4) is 0 Å². The van der Waals surface area contributed by atoms with E-state index >= 15 is 0 Å². The van der Waals surface area contributed by atoms with Crippen molar-refractivity contribution in [2.24, 2.45) is 5.10 Å². The molecule has 2 N–H and O–H groups in total. The number of phenolic OH excluding ortho intramolecular Hbond substituents is 1. The van der Waals surface area contributed by atoms with Crippen LogP contribution in [-0.4, -0.2) is 41.5 Å². The predicted molar refractivity (Wildman–Crippen MR) is 98.0 cm³/mol. The number of benzene rings is 2. The first-order chi connectivity index (χ1) is 13.5. The van der Waals surface area contributed by atoms with Gasteiger partial charge < -0.3 is 19.3 Å². The molecule has 0 radical (unpaired) electrons. The summed E-state index contributed by atoms with van der Waals surface area (Å²) in [5.41, 5.74) is 2.00. The Bertz CT molecular complexity index is 929. The lowest BCUT2D eigenvalue weighted by Crippen LogP contribution is -2.42. The number of carbonyl (C=O) groups excluding carboxylic acids is 1. The van der Waals surface area contributed by atoms with Gasteiger partial charge in [0.05, 0.1) is 23.8 Å². The zero-order chi connectivity index (χ0) is 20.1. The van der Waals surface area contributed by atoms with E-state index in [0.29, 0.717) is 11.5 Å². The maximum atomic E-state index is 12.2. The molecule has 1 unspecified atom stereocenters. The minimum Gasteiger partial charge on any atom is -0.504 e. The molecule has 0 fully saturated rings. The summed E-state index contributed by atoms with van der Waals surface area (Å²) in [6.07, 6.45) is 0.171. The first kappa shape index (κ1) is 19.0. The maximum absolute atomic E-state index is 12.2. The van der Waals surface area contributed by atoms with Crippen molar-refractivity contribution in [3.05, 3.63) is 52.1 Å². The normalized spacial score (nSPS) is 15.2. The van der Waals surface area contributed by atoms with Gasteiger partial charge >= 0.3 is 0 Å². The van der Waals surface area contributed by atoms with E-state index in [1.165, 1.54) is 0 Å². The SMILES string of the molecule is CCOc1cc([N+](=O)[O-])cc(/C=N/NC(=O)C2COc3ccccc3O2)c1O. The summed E-state index contributed by atoms with van der Waals surface area (Å²) in [4.78, 5) is 22.6. The van der Waals surface area contributed by atoms with Crippen LogP contribution in [-0.2, 0) is 4.79 Å². The van der Waals surface area contributed by atoms with E-state index in [1.54, 1.807) is 31.2 Å². The maximum Gasteiger partial charge on any atom is 0.284 e. The Balaban J connectivity index is 1.70. The third-order valence-electron chi connectivity index (χ3n) is 3.78. The number of para-hydroxylation sites is 2. The molecule has 2 aromatic rings. The zero-order valence-corrected chi connectivity index (χ0v) is 14.8. The van der Waals surface area contributed by atoms with Crippen molar-refractivity contribution in [2.45, 2.75) is 13.0 Å². The summed E-state index contributed by atoms with van der Waals surface area (Å²) in [5, 5.41) is 24.9. The van der Waals surface area contributed by atoms with Gasteiger partial charge in [0.1, 0.15) is 6.61 Å². The highest BCUT2D eigenvalue weighted by molar-refractivity contribution is 5.88. The van der Waals surface area contributed by atoms with Crippen molar-refractivity contribution in [2.75, 3.05) is 13.2 Å². The number of ether oxygens (including phenoxy) is 3. The molecule has 28 heavy (non-hydrogen) atoms. The molecule has 0 saturated carbocycles. The van der Waals surface area contributed by atoms with Crippen molar-refractivity contribution >= 4 is 17.8 Å². The third-order valence-corrected chi connectivity index (χ3v) is 3.78. The molecule has 146 valence electrons. The second kappa shape index (κ2) is 8.25. The van der Waals surface area contributed by atoms with Crippen LogP contribution in [0, 0.1) is 10.1 Å². The molecule has 0 bridgehead atoms. The van der Waals surface area contributed by atoms with Gasteiger partial charge in [-0.15, -0.1) is 0 Å². The molecule has 1 atom stereocenters. The number of amides is 1. The number of hydrazone groups is 1. The quantitative estimate of drug-likeness (QED) is 0.440. The monoisotopic (exact) mass is 387 g/mol. The Morgan fingerprint density at radius 3 is 2.89 bits per heavy atom. The van der Waals surface area contributed by atoms with E-state index in [-0.39, 0.29) is 36.0 Å². The Labute approximate surface area is 159 Å². The average Bonchev–Trinajstić information content (AvgIpc) is 2.70. The Morgan fingerprint density at radius 1 is 1.43 bits per heavy atom. The predicted octanol–water partition coefficient (Wildman–Crippen LogP) is 1.99. The summed E-state index contributed by atoms with van der Waals surface area (Å²) in [5.74, 6) is 0.0398. The Kier molecular flexibility index (Phi) is 5.58. The number of phenols is 1. The molecule has 1 heterocycles. The minimum atomic E-state index is -0.912. The summed E-state index contributed by atoms with van der Waals surface area (Å²) < 4.78 is 16.2. The summed E-state index contributed by atoms with van der Waals surface area (Å²) >= 11 is 0. The van der Waals surface area contributed by atoms with Crippen molar-refractivity contribution in [1.82, 2.24) is 5.43 Å². The fourth-order valence-corrected chi connectivity index (χ4v) is 2.47. The number of aromatic hydroxyl groups is 1. The Morgan fingerprint density at radius 2 is 2.18 bits per heavy atom. The first-order valence-corrected chi connectivity index (χ1v) is 8.35. The van der Waals surface area contributed by atoms with Crippen LogP contribution >= 0.6 is 0 Å². The molecule has 0 spiro atoms. The number of nitro groups is 1. The molecule has 0 aromatic heterocycles. The van der Waals surface area contributed by atoms with Crippen LogP contribution in [0.2, 0.25) is 0 Å². The summed E-state index contributed by atoms with van der Waals surface area (Å²) in [7, 11) is 0. The molecule has 0 aliphatic carbocycles. The van der Waals surface area contributed by atoms with Crippen molar-refractivity contribution in [1.29, 1.82) is 0 Å². The van der Waals surface area contributed by atoms with Crippen LogP contribution in [0.25, 0.3) is 0 Å². The fraction of sp³-hybridized carbons (Fsp3) is 0.222. The lowest BCUT2D eigenvalue weighted by atomic mass is 10.1. The highest BCUT2D eigenvalue weighted by Crippen LogP contribution is 2.34. The molecular weight excluding hydrogens is 370 g/mol. The van der Waals surface area contributed by atoms with Gasteiger partial charge in [-0.25, -0.2) is 5.43 Å². The second-order valence-corrected chi connectivity index (χ2v) is 5.67. The minimum absolute atomic E-state index is 0.00884. The standard InChI is InChI=1S/C18H17N3O7/c1-2-26-15-8-12(21(24)25)7-11(17(15)22)9-19-20-18(23)16-10-27-13-5-3-4-6-14(13)28-16/h3-9,16,22H,2,10H2,1H3,(H,20,23)/b19-9+. The number of hydrogen-bond donors (Lipinski definition) is 2. The molecule has 2 aromatic carbocycles. The first-order valence-electron chi connectivity index (χ1n) is 8.35. The molecule has 1 aliphatic rings. The molecule has 1 aliphatic heterocycles. The second-order valence-electron chi connectivity index (χ2n) is 5.67. The van der Waals surface area contributed by atoms with Gasteiger partial charge in [0, 0.05) is 11.6 Å². The molecule has 1 amide bonds. The molecular formula is C18H17N3O7. The van der Waals surface area contributed by atoms with E-state index in [2.05, 4.69) is 10.5 Å². The van der Waals surface area contributed by atoms with Gasteiger partial charge in [-0.2, -0.15) is 5.10 Å². The molecule has 10 heteroatoms.